The predicted octanol–water partition coefficient (Wildman–Crippen LogP) is 2.51. The lowest BCUT2D eigenvalue weighted by molar-refractivity contribution is -0.122. The van der Waals surface area contributed by atoms with Crippen LogP contribution < -0.4 is 10.1 Å². The highest BCUT2D eigenvalue weighted by Crippen LogP contribution is 2.20. The van der Waals surface area contributed by atoms with E-state index in [1.807, 2.05) is 48.2 Å². The maximum Gasteiger partial charge on any atom is 0.257 e. The largest absolute Gasteiger partial charge is 0.493 e. The number of amides is 2. The van der Waals surface area contributed by atoms with Crippen LogP contribution in [-0.2, 0) is 11.2 Å². The number of carbonyl (C=O) groups excluding carboxylic acids is 2. The van der Waals surface area contributed by atoms with Crippen molar-refractivity contribution in [2.75, 3.05) is 45.9 Å². The summed E-state index contributed by atoms with van der Waals surface area (Å²) in [7, 11) is 0. The van der Waals surface area contributed by atoms with E-state index in [9.17, 15) is 9.59 Å². The number of para-hydroxylation sites is 1. The van der Waals surface area contributed by atoms with Crippen molar-refractivity contribution in [3.63, 3.8) is 0 Å². The summed E-state index contributed by atoms with van der Waals surface area (Å²) in [5.74, 6) is 0.645. The standard InChI is InChI=1S/C24H31N3O3/c1-3-30-22-11-7-6-10-21(22)24(29)27-16-14-26(15-17-27)18-23(28)25-13-12-20-9-5-4-8-19(20)2/h4-11H,3,12-18H2,1-2H3,(H,25,28). The lowest BCUT2D eigenvalue weighted by atomic mass is 10.1. The zero-order chi connectivity index (χ0) is 21.3. The Hall–Kier alpha value is -2.86. The number of hydrogen-bond acceptors (Lipinski definition) is 4. The molecule has 3 rings (SSSR count). The van der Waals surface area contributed by atoms with Gasteiger partial charge < -0.3 is 15.0 Å². The molecule has 160 valence electrons. The molecule has 1 fully saturated rings. The molecule has 2 aromatic carbocycles. The van der Waals surface area contributed by atoms with Crippen LogP contribution in [0.5, 0.6) is 5.75 Å². The van der Waals surface area contributed by atoms with E-state index >= 15 is 0 Å². The maximum absolute atomic E-state index is 12.9. The zero-order valence-electron chi connectivity index (χ0n) is 17.9. The number of aryl methyl sites for hydroxylation is 1. The van der Waals surface area contributed by atoms with Gasteiger partial charge in [-0.1, -0.05) is 36.4 Å². The highest BCUT2D eigenvalue weighted by molar-refractivity contribution is 5.97. The Morgan fingerprint density at radius 3 is 2.43 bits per heavy atom. The predicted molar refractivity (Wildman–Crippen MR) is 118 cm³/mol. The Bertz CT molecular complexity index is 860. The number of hydrogen-bond donors (Lipinski definition) is 1. The van der Waals surface area contributed by atoms with Gasteiger partial charge in [-0.2, -0.15) is 0 Å². The van der Waals surface area contributed by atoms with Crippen LogP contribution in [0.1, 0.15) is 28.4 Å². The molecule has 0 aromatic heterocycles. The van der Waals surface area contributed by atoms with E-state index in [-0.39, 0.29) is 11.8 Å². The smallest absolute Gasteiger partial charge is 0.257 e. The van der Waals surface area contributed by atoms with Gasteiger partial charge in [0.05, 0.1) is 18.7 Å². The molecule has 1 aliphatic heterocycles. The van der Waals surface area contributed by atoms with Crippen molar-refractivity contribution in [1.82, 2.24) is 15.1 Å². The molecule has 2 amide bonds. The van der Waals surface area contributed by atoms with Crippen LogP contribution >= 0.6 is 0 Å². The highest BCUT2D eigenvalue weighted by atomic mass is 16.5. The molecule has 1 saturated heterocycles. The van der Waals surface area contributed by atoms with Crippen molar-refractivity contribution in [1.29, 1.82) is 0 Å². The number of ether oxygens (including phenoxy) is 1. The fourth-order valence-corrected chi connectivity index (χ4v) is 3.69. The summed E-state index contributed by atoms with van der Waals surface area (Å²) in [6.07, 6.45) is 0.833. The molecule has 6 nitrogen and oxygen atoms in total. The van der Waals surface area contributed by atoms with Gasteiger partial charge in [0.15, 0.2) is 0 Å². The Labute approximate surface area is 178 Å². The lowest BCUT2D eigenvalue weighted by Crippen LogP contribution is -2.51. The lowest BCUT2D eigenvalue weighted by Gasteiger charge is -2.34. The van der Waals surface area contributed by atoms with Crippen LogP contribution in [0.3, 0.4) is 0 Å². The fourth-order valence-electron chi connectivity index (χ4n) is 3.69. The van der Waals surface area contributed by atoms with Crippen molar-refractivity contribution in [2.45, 2.75) is 20.3 Å². The minimum atomic E-state index is -0.0126. The molecule has 0 saturated carbocycles. The number of nitrogens with one attached hydrogen (secondary N) is 1. The van der Waals surface area contributed by atoms with Gasteiger partial charge in [-0.15, -0.1) is 0 Å². The first-order valence-corrected chi connectivity index (χ1v) is 10.6. The van der Waals surface area contributed by atoms with Gasteiger partial charge in [-0.25, -0.2) is 0 Å². The van der Waals surface area contributed by atoms with Crippen molar-refractivity contribution < 1.29 is 14.3 Å². The average molecular weight is 410 g/mol. The molecule has 1 aliphatic rings. The highest BCUT2D eigenvalue weighted by Gasteiger charge is 2.25. The Kier molecular flexibility index (Phi) is 7.85. The first-order chi connectivity index (χ1) is 14.6. The van der Waals surface area contributed by atoms with E-state index in [1.165, 1.54) is 11.1 Å². The first kappa shape index (κ1) is 21.8. The Balaban J connectivity index is 1.42. The molecular formula is C24H31N3O3. The molecule has 0 unspecified atom stereocenters. The molecule has 0 spiro atoms. The summed E-state index contributed by atoms with van der Waals surface area (Å²) in [4.78, 5) is 29.1. The van der Waals surface area contributed by atoms with Crippen LogP contribution in [0.2, 0.25) is 0 Å². The van der Waals surface area contributed by atoms with E-state index in [0.29, 0.717) is 57.2 Å². The number of piperazine rings is 1. The Morgan fingerprint density at radius 2 is 1.70 bits per heavy atom. The summed E-state index contributed by atoms with van der Waals surface area (Å²) < 4.78 is 5.59. The molecule has 1 N–H and O–H groups in total. The summed E-state index contributed by atoms with van der Waals surface area (Å²) in [5, 5.41) is 3.01. The first-order valence-electron chi connectivity index (χ1n) is 10.6. The SMILES string of the molecule is CCOc1ccccc1C(=O)N1CCN(CC(=O)NCCc2ccccc2C)CC1. The average Bonchev–Trinajstić information content (AvgIpc) is 2.76. The van der Waals surface area contributed by atoms with E-state index in [1.54, 1.807) is 0 Å². The topological polar surface area (TPSA) is 61.9 Å². The molecule has 1 heterocycles. The number of benzene rings is 2. The molecular weight excluding hydrogens is 378 g/mol. The van der Waals surface area contributed by atoms with Crippen LogP contribution in [0.25, 0.3) is 0 Å². The third-order valence-corrected chi connectivity index (χ3v) is 5.42. The van der Waals surface area contributed by atoms with Gasteiger partial charge in [0.2, 0.25) is 5.91 Å². The zero-order valence-corrected chi connectivity index (χ0v) is 17.9. The minimum Gasteiger partial charge on any atom is -0.493 e. The summed E-state index contributed by atoms with van der Waals surface area (Å²) in [6.45, 7) is 8.11. The van der Waals surface area contributed by atoms with Crippen molar-refractivity contribution >= 4 is 11.8 Å². The van der Waals surface area contributed by atoms with Gasteiger partial charge in [0, 0.05) is 32.7 Å². The van der Waals surface area contributed by atoms with Gasteiger partial charge in [0.1, 0.15) is 5.75 Å². The number of carbonyl (C=O) groups is 2. The molecule has 6 heteroatoms. The quantitative estimate of drug-likeness (QED) is 0.728. The minimum absolute atomic E-state index is 0.0126. The fraction of sp³-hybridized carbons (Fsp3) is 0.417. The van der Waals surface area contributed by atoms with Gasteiger partial charge in [0.25, 0.3) is 5.91 Å². The Morgan fingerprint density at radius 1 is 1.00 bits per heavy atom. The van der Waals surface area contributed by atoms with E-state index in [0.717, 1.165) is 6.42 Å². The number of rotatable bonds is 8. The second kappa shape index (κ2) is 10.8. The second-order valence-electron chi connectivity index (χ2n) is 7.52. The summed E-state index contributed by atoms with van der Waals surface area (Å²) in [6, 6.07) is 15.6. The summed E-state index contributed by atoms with van der Waals surface area (Å²) >= 11 is 0. The molecule has 0 aliphatic carbocycles. The monoisotopic (exact) mass is 409 g/mol. The third kappa shape index (κ3) is 5.83. The van der Waals surface area contributed by atoms with E-state index in [4.69, 9.17) is 4.74 Å². The normalized spacial score (nSPS) is 14.4. The van der Waals surface area contributed by atoms with Crippen LogP contribution in [0, 0.1) is 6.92 Å². The van der Waals surface area contributed by atoms with Gasteiger partial charge in [-0.3, -0.25) is 14.5 Å². The second-order valence-corrected chi connectivity index (χ2v) is 7.52. The van der Waals surface area contributed by atoms with Crippen LogP contribution in [0.4, 0.5) is 0 Å². The van der Waals surface area contributed by atoms with Gasteiger partial charge in [-0.05, 0) is 43.5 Å². The van der Waals surface area contributed by atoms with Crippen LogP contribution in [0.15, 0.2) is 48.5 Å². The van der Waals surface area contributed by atoms with E-state index in [2.05, 4.69) is 29.3 Å². The molecule has 0 bridgehead atoms. The molecule has 0 atom stereocenters. The maximum atomic E-state index is 12.9. The van der Waals surface area contributed by atoms with Crippen molar-refractivity contribution in [3.05, 3.63) is 65.2 Å². The molecule has 0 radical (unpaired) electrons. The number of nitrogens with zero attached hydrogens (tertiary/aromatic N) is 2. The molecule has 30 heavy (non-hydrogen) atoms. The molecule has 2 aromatic rings. The van der Waals surface area contributed by atoms with Crippen molar-refractivity contribution in [3.8, 4) is 5.75 Å². The van der Waals surface area contributed by atoms with Crippen molar-refractivity contribution in [2.24, 2.45) is 0 Å². The van der Waals surface area contributed by atoms with Gasteiger partial charge >= 0.3 is 0 Å². The van der Waals surface area contributed by atoms with Crippen LogP contribution in [-0.4, -0.2) is 67.5 Å². The third-order valence-electron chi connectivity index (χ3n) is 5.42. The summed E-state index contributed by atoms with van der Waals surface area (Å²) in [5.41, 5.74) is 3.11. The van der Waals surface area contributed by atoms with E-state index < -0.39 is 0 Å².